The minimum Gasteiger partial charge on any atom is -0.465 e. The lowest BCUT2D eigenvalue weighted by molar-refractivity contribution is -0.121. The van der Waals surface area contributed by atoms with Gasteiger partial charge in [0.25, 0.3) is 0 Å². The van der Waals surface area contributed by atoms with Crippen molar-refractivity contribution < 1.29 is 19.5 Å². The van der Waals surface area contributed by atoms with E-state index in [9.17, 15) is 14.4 Å². The van der Waals surface area contributed by atoms with Crippen LogP contribution in [0.15, 0.2) is 0 Å². The number of carbonyl (C=O) groups excluding carboxylic acids is 2. The minimum absolute atomic E-state index is 0.0556. The van der Waals surface area contributed by atoms with Crippen LogP contribution in [0.25, 0.3) is 0 Å². The lowest BCUT2D eigenvalue weighted by Crippen LogP contribution is -2.36. The highest BCUT2D eigenvalue weighted by Crippen LogP contribution is 2.33. The van der Waals surface area contributed by atoms with Crippen molar-refractivity contribution >= 4 is 29.8 Å². The fourth-order valence-corrected chi connectivity index (χ4v) is 4.28. The average Bonchev–Trinajstić information content (AvgIpc) is 2.99. The summed E-state index contributed by atoms with van der Waals surface area (Å²) < 4.78 is 0. The summed E-state index contributed by atoms with van der Waals surface area (Å²) in [6.07, 6.45) is 2.09. The lowest BCUT2D eigenvalue weighted by atomic mass is 10.0. The summed E-state index contributed by atoms with van der Waals surface area (Å²) in [7, 11) is 0. The van der Waals surface area contributed by atoms with Gasteiger partial charge in [-0.05, 0) is 12.8 Å². The van der Waals surface area contributed by atoms with Gasteiger partial charge in [0.15, 0.2) is 0 Å². The van der Waals surface area contributed by atoms with E-state index in [1.54, 1.807) is 0 Å². The van der Waals surface area contributed by atoms with E-state index < -0.39 is 6.09 Å². The van der Waals surface area contributed by atoms with E-state index in [2.05, 4.69) is 21.3 Å². The topological polar surface area (TPSA) is 120 Å². The van der Waals surface area contributed by atoms with Gasteiger partial charge in [-0.15, -0.1) is 0 Å². The zero-order valence-electron chi connectivity index (χ0n) is 12.3. The zero-order chi connectivity index (χ0) is 15.9. The molecule has 22 heavy (non-hydrogen) atoms. The van der Waals surface area contributed by atoms with Crippen LogP contribution in [0.2, 0.25) is 0 Å². The minimum atomic E-state index is -1.09. The number of carbonyl (C=O) groups is 3. The van der Waals surface area contributed by atoms with Crippen molar-refractivity contribution in [2.45, 2.75) is 43.0 Å². The van der Waals surface area contributed by atoms with Crippen LogP contribution in [-0.2, 0) is 4.79 Å². The number of carboxylic acid groups (broad SMARTS) is 1. The van der Waals surface area contributed by atoms with Crippen LogP contribution in [0.3, 0.4) is 0 Å². The number of amides is 4. The molecule has 3 atom stereocenters. The molecule has 2 fully saturated rings. The first-order valence-electron chi connectivity index (χ1n) is 7.48. The first kappa shape index (κ1) is 16.7. The molecule has 124 valence electrons. The summed E-state index contributed by atoms with van der Waals surface area (Å²) in [5, 5.41) is 19.5. The molecule has 0 aromatic carbocycles. The standard InChI is InChI=1S/C13H22N4O4S/c18-10(14-5-6-15-13(20)21)4-2-1-3-9-11-8(7-22-9)16-12(19)17-11/h8-9,11,15H,1-7H2,(H,14,18)(H,20,21)(H2,16,17,19). The van der Waals surface area contributed by atoms with Gasteiger partial charge in [0.1, 0.15) is 0 Å². The largest absolute Gasteiger partial charge is 0.465 e. The second-order valence-corrected chi connectivity index (χ2v) is 6.72. The summed E-state index contributed by atoms with van der Waals surface area (Å²) in [5.41, 5.74) is 0. The van der Waals surface area contributed by atoms with Crippen molar-refractivity contribution in [2.24, 2.45) is 0 Å². The Balaban J connectivity index is 1.51. The van der Waals surface area contributed by atoms with Gasteiger partial charge in [-0.2, -0.15) is 11.8 Å². The van der Waals surface area contributed by atoms with Crippen molar-refractivity contribution in [1.29, 1.82) is 0 Å². The Kier molecular flexibility index (Phi) is 6.17. The molecular weight excluding hydrogens is 308 g/mol. The van der Waals surface area contributed by atoms with Crippen LogP contribution in [0.5, 0.6) is 0 Å². The molecule has 8 nitrogen and oxygen atoms in total. The summed E-state index contributed by atoms with van der Waals surface area (Å²) in [4.78, 5) is 33.0. The highest BCUT2D eigenvalue weighted by atomic mass is 32.2. The van der Waals surface area contributed by atoms with Crippen LogP contribution in [-0.4, -0.2) is 59.3 Å². The number of rotatable bonds is 8. The molecule has 2 heterocycles. The second kappa shape index (κ2) is 8.11. The Morgan fingerprint density at radius 1 is 1.23 bits per heavy atom. The van der Waals surface area contributed by atoms with Crippen molar-refractivity contribution in [3.05, 3.63) is 0 Å². The summed E-state index contributed by atoms with van der Waals surface area (Å²) >= 11 is 1.87. The molecule has 0 aromatic rings. The number of urea groups is 1. The molecule has 2 aliphatic heterocycles. The first-order chi connectivity index (χ1) is 10.6. The van der Waals surface area contributed by atoms with E-state index in [1.165, 1.54) is 0 Å². The van der Waals surface area contributed by atoms with Crippen molar-refractivity contribution in [3.8, 4) is 0 Å². The molecule has 0 aliphatic carbocycles. The first-order valence-corrected chi connectivity index (χ1v) is 8.53. The smallest absolute Gasteiger partial charge is 0.404 e. The molecule has 0 bridgehead atoms. The molecule has 0 saturated carbocycles. The highest BCUT2D eigenvalue weighted by Gasteiger charge is 2.42. The lowest BCUT2D eigenvalue weighted by Gasteiger charge is -2.16. The quantitative estimate of drug-likeness (QED) is 0.319. The van der Waals surface area contributed by atoms with Crippen LogP contribution >= 0.6 is 11.8 Å². The van der Waals surface area contributed by atoms with Crippen LogP contribution < -0.4 is 21.3 Å². The molecule has 0 aromatic heterocycles. The maximum Gasteiger partial charge on any atom is 0.404 e. The SMILES string of the molecule is O=C(O)NCCNC(=O)CCCCC1SCC2NC(=O)NC21. The number of hydrogen-bond acceptors (Lipinski definition) is 4. The molecule has 9 heteroatoms. The molecule has 0 spiro atoms. The third-order valence-corrected chi connectivity index (χ3v) is 5.31. The Labute approximate surface area is 133 Å². The van der Waals surface area contributed by atoms with Crippen molar-refractivity contribution in [3.63, 3.8) is 0 Å². The summed E-state index contributed by atoms with van der Waals surface area (Å²) in [6.45, 7) is 0.528. The summed E-state index contributed by atoms with van der Waals surface area (Å²) in [6, 6.07) is 0.385. The highest BCUT2D eigenvalue weighted by molar-refractivity contribution is 8.00. The number of thioether (sulfide) groups is 1. The Morgan fingerprint density at radius 2 is 2.00 bits per heavy atom. The maximum absolute atomic E-state index is 11.6. The second-order valence-electron chi connectivity index (χ2n) is 5.45. The van der Waals surface area contributed by atoms with Gasteiger partial charge in [-0.1, -0.05) is 6.42 Å². The number of unbranched alkanes of at least 4 members (excludes halogenated alkanes) is 1. The zero-order valence-corrected chi connectivity index (χ0v) is 13.1. The third-order valence-electron chi connectivity index (χ3n) is 3.80. The van der Waals surface area contributed by atoms with E-state index >= 15 is 0 Å². The molecule has 0 radical (unpaired) electrons. The monoisotopic (exact) mass is 330 g/mol. The van der Waals surface area contributed by atoms with E-state index in [0.717, 1.165) is 25.0 Å². The van der Waals surface area contributed by atoms with Gasteiger partial charge in [-0.3, -0.25) is 4.79 Å². The van der Waals surface area contributed by atoms with E-state index in [1.807, 2.05) is 11.8 Å². The average molecular weight is 330 g/mol. The van der Waals surface area contributed by atoms with Crippen LogP contribution in [0.1, 0.15) is 25.7 Å². The van der Waals surface area contributed by atoms with E-state index in [-0.39, 0.29) is 30.6 Å². The molecule has 2 saturated heterocycles. The van der Waals surface area contributed by atoms with Gasteiger partial charge < -0.3 is 26.4 Å². The molecular formula is C13H22N4O4S. The maximum atomic E-state index is 11.6. The molecule has 5 N–H and O–H groups in total. The van der Waals surface area contributed by atoms with Crippen molar-refractivity contribution in [2.75, 3.05) is 18.8 Å². The van der Waals surface area contributed by atoms with Gasteiger partial charge in [0, 0.05) is 30.5 Å². The van der Waals surface area contributed by atoms with Gasteiger partial charge >= 0.3 is 12.1 Å². The molecule has 2 aliphatic rings. The van der Waals surface area contributed by atoms with E-state index in [0.29, 0.717) is 18.2 Å². The predicted octanol–water partition coefficient (Wildman–Crippen LogP) is 0.0960. The summed E-state index contributed by atoms with van der Waals surface area (Å²) in [5.74, 6) is 0.894. The third kappa shape index (κ3) is 4.97. The van der Waals surface area contributed by atoms with Gasteiger partial charge in [-0.25, -0.2) is 9.59 Å². The number of nitrogens with one attached hydrogen (secondary N) is 4. The van der Waals surface area contributed by atoms with E-state index in [4.69, 9.17) is 5.11 Å². The Morgan fingerprint density at radius 3 is 2.77 bits per heavy atom. The number of hydrogen-bond donors (Lipinski definition) is 5. The van der Waals surface area contributed by atoms with Gasteiger partial charge in [0.05, 0.1) is 12.1 Å². The van der Waals surface area contributed by atoms with Crippen LogP contribution in [0, 0.1) is 0 Å². The fraction of sp³-hybridized carbons (Fsp3) is 0.769. The normalized spacial score (nSPS) is 26.0. The molecule has 2 rings (SSSR count). The molecule has 4 amide bonds. The molecule has 3 unspecified atom stereocenters. The fourth-order valence-electron chi connectivity index (χ4n) is 2.73. The number of fused-ring (bicyclic) bond motifs is 1. The predicted molar refractivity (Wildman–Crippen MR) is 83.0 cm³/mol. The van der Waals surface area contributed by atoms with Gasteiger partial charge in [0.2, 0.25) is 5.91 Å². The van der Waals surface area contributed by atoms with Crippen molar-refractivity contribution in [1.82, 2.24) is 21.3 Å². The van der Waals surface area contributed by atoms with Crippen LogP contribution in [0.4, 0.5) is 9.59 Å². The Bertz CT molecular complexity index is 434. The Hall–Kier alpha value is -1.64.